The maximum absolute atomic E-state index is 13.2. The van der Waals surface area contributed by atoms with E-state index >= 15 is 0 Å². The Bertz CT molecular complexity index is 1440. The van der Waals surface area contributed by atoms with E-state index < -0.39 is 21.5 Å². The van der Waals surface area contributed by atoms with Crippen LogP contribution in [0.25, 0.3) is 11.1 Å². The highest BCUT2D eigenvalue weighted by molar-refractivity contribution is 7.93. The van der Waals surface area contributed by atoms with E-state index in [0.29, 0.717) is 33.6 Å². The van der Waals surface area contributed by atoms with Crippen molar-refractivity contribution in [2.45, 2.75) is 31.2 Å². The van der Waals surface area contributed by atoms with Crippen LogP contribution in [0.5, 0.6) is 0 Å². The van der Waals surface area contributed by atoms with Crippen molar-refractivity contribution in [1.29, 1.82) is 0 Å². The summed E-state index contributed by atoms with van der Waals surface area (Å²) in [4.78, 5) is 26.1. The van der Waals surface area contributed by atoms with E-state index in [0.717, 1.165) is 0 Å². The molecule has 0 aliphatic carbocycles. The van der Waals surface area contributed by atoms with Gasteiger partial charge < -0.3 is 10.6 Å². The van der Waals surface area contributed by atoms with Crippen molar-refractivity contribution in [2.75, 3.05) is 16.2 Å². The van der Waals surface area contributed by atoms with Gasteiger partial charge in [0.2, 0.25) is 0 Å². The van der Waals surface area contributed by atoms with Crippen LogP contribution in [0.1, 0.15) is 41.5 Å². The van der Waals surface area contributed by atoms with Crippen LogP contribution in [-0.4, -0.2) is 32.3 Å². The second kappa shape index (κ2) is 9.03. The molecule has 0 unspecified atom stereocenters. The van der Waals surface area contributed by atoms with E-state index in [1.165, 1.54) is 10.4 Å². The number of benzene rings is 3. The lowest BCUT2D eigenvalue weighted by Gasteiger charge is -2.31. The molecule has 4 rings (SSSR count). The summed E-state index contributed by atoms with van der Waals surface area (Å²) < 4.78 is 27.6. The quantitative estimate of drug-likeness (QED) is 0.502. The smallest absolute Gasteiger partial charge is 0.265 e. The van der Waals surface area contributed by atoms with Crippen LogP contribution in [0.2, 0.25) is 0 Å². The number of para-hydroxylation sites is 1. The van der Waals surface area contributed by atoms with Gasteiger partial charge in [-0.1, -0.05) is 36.4 Å². The summed E-state index contributed by atoms with van der Waals surface area (Å²) in [5.41, 5.74) is 2.27. The second-order valence-corrected chi connectivity index (χ2v) is 11.1. The lowest BCUT2D eigenvalue weighted by molar-refractivity contribution is 0.0920. The Hall–Kier alpha value is -3.91. The Labute approximate surface area is 205 Å². The molecule has 8 heteroatoms. The van der Waals surface area contributed by atoms with E-state index in [1.807, 2.05) is 20.8 Å². The zero-order valence-corrected chi connectivity index (χ0v) is 20.6. The van der Waals surface area contributed by atoms with Crippen LogP contribution in [-0.2, 0) is 10.0 Å². The van der Waals surface area contributed by atoms with Crippen molar-refractivity contribution in [1.82, 2.24) is 5.32 Å². The van der Waals surface area contributed by atoms with Gasteiger partial charge in [0, 0.05) is 22.2 Å². The summed E-state index contributed by atoms with van der Waals surface area (Å²) >= 11 is 0. The maximum Gasteiger partial charge on any atom is 0.265 e. The first-order valence-corrected chi connectivity index (χ1v) is 12.6. The normalized spacial score (nSPS) is 13.9. The van der Waals surface area contributed by atoms with Crippen molar-refractivity contribution < 1.29 is 18.0 Å². The summed E-state index contributed by atoms with van der Waals surface area (Å²) in [5, 5.41) is 5.73. The Kier molecular flexibility index (Phi) is 6.25. The van der Waals surface area contributed by atoms with Crippen molar-refractivity contribution in [2.24, 2.45) is 0 Å². The Morgan fingerprint density at radius 1 is 0.943 bits per heavy atom. The zero-order chi connectivity index (χ0) is 25.4. The van der Waals surface area contributed by atoms with Gasteiger partial charge in [-0.15, -0.1) is 6.58 Å². The molecule has 7 nitrogen and oxygen atoms in total. The first-order chi connectivity index (χ1) is 16.5. The maximum atomic E-state index is 13.2. The van der Waals surface area contributed by atoms with Gasteiger partial charge in [-0.2, -0.15) is 0 Å². The largest absolute Gasteiger partial charge is 0.347 e. The summed E-state index contributed by atoms with van der Waals surface area (Å²) in [6.45, 7) is 9.43. The Balaban J connectivity index is 1.72. The van der Waals surface area contributed by atoms with Gasteiger partial charge in [0.25, 0.3) is 21.8 Å². The van der Waals surface area contributed by atoms with E-state index in [4.69, 9.17) is 0 Å². The molecule has 1 aliphatic rings. The highest BCUT2D eigenvalue weighted by Gasteiger charge is 2.34. The number of carbonyl (C=O) groups is 2. The lowest BCUT2D eigenvalue weighted by atomic mass is 9.99. The number of fused-ring (bicyclic) bond motifs is 3. The van der Waals surface area contributed by atoms with Gasteiger partial charge in [-0.05, 0) is 57.2 Å². The van der Waals surface area contributed by atoms with Crippen molar-refractivity contribution in [3.05, 3.63) is 90.5 Å². The van der Waals surface area contributed by atoms with Crippen molar-refractivity contribution in [3.8, 4) is 11.1 Å². The number of rotatable bonds is 5. The standard InChI is InChI=1S/C27H27N3O4S/c1-5-16-30-23-15-14-18(17-21(23)19-10-7-9-13-24(19)35(30,33)34)25(31)28-22-12-8-6-11-20(22)26(32)29-27(2,3)4/h5-15,17H,1,16H2,2-4H3,(H,28,31)(H,29,32). The third-order valence-electron chi connectivity index (χ3n) is 5.48. The Morgan fingerprint density at radius 2 is 1.63 bits per heavy atom. The number of hydrogen-bond donors (Lipinski definition) is 2. The number of anilines is 2. The topological polar surface area (TPSA) is 95.6 Å². The highest BCUT2D eigenvalue weighted by Crippen LogP contribution is 2.43. The van der Waals surface area contributed by atoms with E-state index in [9.17, 15) is 18.0 Å². The molecular weight excluding hydrogens is 462 g/mol. The second-order valence-electron chi connectivity index (χ2n) is 9.26. The number of carbonyl (C=O) groups excluding carboxylic acids is 2. The van der Waals surface area contributed by atoms with Gasteiger partial charge in [-0.25, -0.2) is 8.42 Å². The Morgan fingerprint density at radius 3 is 2.34 bits per heavy atom. The van der Waals surface area contributed by atoms with E-state index in [1.54, 1.807) is 66.7 Å². The predicted molar refractivity (Wildman–Crippen MR) is 138 cm³/mol. The monoisotopic (exact) mass is 489 g/mol. The molecular formula is C27H27N3O4S. The number of nitrogens with one attached hydrogen (secondary N) is 2. The molecule has 2 amide bonds. The molecule has 0 radical (unpaired) electrons. The molecule has 2 N–H and O–H groups in total. The van der Waals surface area contributed by atoms with Gasteiger partial charge in [0.1, 0.15) is 0 Å². The van der Waals surface area contributed by atoms with Crippen molar-refractivity contribution >= 4 is 33.2 Å². The molecule has 0 saturated heterocycles. The van der Waals surface area contributed by atoms with Crippen LogP contribution in [0, 0.1) is 0 Å². The minimum Gasteiger partial charge on any atom is -0.347 e. The first kappa shape index (κ1) is 24.2. The van der Waals surface area contributed by atoms with Gasteiger partial charge in [0.05, 0.1) is 28.4 Å². The molecule has 180 valence electrons. The fourth-order valence-electron chi connectivity index (χ4n) is 3.98. The number of amides is 2. The van der Waals surface area contributed by atoms with Gasteiger partial charge >= 0.3 is 0 Å². The molecule has 1 heterocycles. The average molecular weight is 490 g/mol. The van der Waals surface area contributed by atoms with Crippen molar-refractivity contribution in [3.63, 3.8) is 0 Å². The van der Waals surface area contributed by atoms with Crippen LogP contribution >= 0.6 is 0 Å². The molecule has 1 aliphatic heterocycles. The van der Waals surface area contributed by atoms with Gasteiger partial charge in [0.15, 0.2) is 0 Å². The van der Waals surface area contributed by atoms with Crippen LogP contribution in [0.15, 0.2) is 84.3 Å². The molecule has 0 saturated carbocycles. The third kappa shape index (κ3) is 4.70. The van der Waals surface area contributed by atoms with E-state index in [-0.39, 0.29) is 17.3 Å². The molecule has 0 atom stereocenters. The predicted octanol–water partition coefficient (Wildman–Crippen LogP) is 4.83. The number of sulfonamides is 1. The molecule has 3 aromatic carbocycles. The summed E-state index contributed by atoms with van der Waals surface area (Å²) in [7, 11) is -3.75. The van der Waals surface area contributed by atoms with E-state index in [2.05, 4.69) is 17.2 Å². The minimum atomic E-state index is -3.75. The fraction of sp³-hybridized carbons (Fsp3) is 0.185. The summed E-state index contributed by atoms with van der Waals surface area (Å²) in [6.07, 6.45) is 1.52. The molecule has 35 heavy (non-hydrogen) atoms. The SMILES string of the molecule is C=CCN1c2ccc(C(=O)Nc3ccccc3C(=O)NC(C)(C)C)cc2-c2ccccc2S1(=O)=O. The first-order valence-electron chi connectivity index (χ1n) is 11.1. The summed E-state index contributed by atoms with van der Waals surface area (Å²) in [5.74, 6) is -0.706. The zero-order valence-electron chi connectivity index (χ0n) is 19.8. The van der Waals surface area contributed by atoms with Crippen LogP contribution in [0.3, 0.4) is 0 Å². The minimum absolute atomic E-state index is 0.103. The molecule has 0 spiro atoms. The highest BCUT2D eigenvalue weighted by atomic mass is 32.2. The van der Waals surface area contributed by atoms with Crippen LogP contribution < -0.4 is 14.9 Å². The molecule has 0 fully saturated rings. The fourth-order valence-corrected chi connectivity index (χ4v) is 5.64. The molecule has 0 aromatic heterocycles. The molecule has 0 bridgehead atoms. The third-order valence-corrected chi connectivity index (χ3v) is 7.31. The lowest BCUT2D eigenvalue weighted by Crippen LogP contribution is -2.40. The number of hydrogen-bond acceptors (Lipinski definition) is 4. The van der Waals surface area contributed by atoms with Gasteiger partial charge in [-0.3, -0.25) is 13.9 Å². The average Bonchev–Trinajstić information content (AvgIpc) is 2.81. The number of nitrogens with zero attached hydrogens (tertiary/aromatic N) is 1. The molecule has 3 aromatic rings. The van der Waals surface area contributed by atoms with Crippen LogP contribution in [0.4, 0.5) is 11.4 Å². The summed E-state index contributed by atoms with van der Waals surface area (Å²) in [6, 6.07) is 18.4.